The average molecular weight is 275 g/mol. The molecule has 0 N–H and O–H groups in total. The molecule has 0 amide bonds. The van der Waals surface area contributed by atoms with Crippen LogP contribution in [0.15, 0.2) is 0 Å². The molecule has 2 aliphatic rings. The number of rotatable bonds is 6. The van der Waals surface area contributed by atoms with Crippen LogP contribution in [0.3, 0.4) is 0 Å². The molecule has 2 fully saturated rings. The van der Waals surface area contributed by atoms with Crippen LogP contribution in [-0.4, -0.2) is 35.9 Å². The van der Waals surface area contributed by atoms with Gasteiger partial charge >= 0.3 is 0 Å². The Hall–Kier alpha value is -0.450. The predicted molar refractivity (Wildman–Crippen MR) is 66.5 cm³/mol. The molecule has 1 aliphatic heterocycles. The van der Waals surface area contributed by atoms with E-state index in [9.17, 15) is 9.59 Å². The first kappa shape index (κ1) is 14.0. The number of hydrogen-bond donors (Lipinski definition) is 0. The van der Waals surface area contributed by atoms with Crippen LogP contribution in [0, 0.1) is 5.41 Å². The summed E-state index contributed by atoms with van der Waals surface area (Å²) in [6, 6.07) is 0. The van der Waals surface area contributed by atoms with Gasteiger partial charge in [0.15, 0.2) is 12.1 Å². The second kappa shape index (κ2) is 4.91. The van der Waals surface area contributed by atoms with E-state index >= 15 is 0 Å². The van der Waals surface area contributed by atoms with Crippen molar-refractivity contribution in [2.45, 2.75) is 56.8 Å². The zero-order chi connectivity index (χ0) is 13.4. The van der Waals surface area contributed by atoms with Crippen molar-refractivity contribution in [3.8, 4) is 0 Å². The summed E-state index contributed by atoms with van der Waals surface area (Å²) in [7, 11) is 0. The van der Waals surface area contributed by atoms with Crippen LogP contribution < -0.4 is 0 Å². The zero-order valence-electron chi connectivity index (χ0n) is 10.8. The summed E-state index contributed by atoms with van der Waals surface area (Å²) >= 11 is 5.94. The van der Waals surface area contributed by atoms with Gasteiger partial charge in [-0.1, -0.05) is 0 Å². The molecule has 1 saturated heterocycles. The average Bonchev–Trinajstić information content (AvgIpc) is 2.95. The Morgan fingerprint density at radius 1 is 1.50 bits per heavy atom. The summed E-state index contributed by atoms with van der Waals surface area (Å²) in [5.74, 6) is -1.04. The largest absolute Gasteiger partial charge is 0.348 e. The lowest BCUT2D eigenvalue weighted by Crippen LogP contribution is -2.26. The summed E-state index contributed by atoms with van der Waals surface area (Å²) < 4.78 is 11.3. The van der Waals surface area contributed by atoms with Crippen molar-refractivity contribution < 1.29 is 19.1 Å². The molecular weight excluding hydrogens is 256 g/mol. The highest BCUT2D eigenvalue weighted by molar-refractivity contribution is 6.43. The Morgan fingerprint density at radius 2 is 2.17 bits per heavy atom. The highest BCUT2D eigenvalue weighted by Crippen LogP contribution is 2.55. The highest BCUT2D eigenvalue weighted by atomic mass is 35.5. The van der Waals surface area contributed by atoms with Gasteiger partial charge in [-0.3, -0.25) is 9.59 Å². The molecule has 0 aromatic carbocycles. The van der Waals surface area contributed by atoms with Crippen molar-refractivity contribution in [2.24, 2.45) is 5.41 Å². The quantitative estimate of drug-likeness (QED) is 0.423. The van der Waals surface area contributed by atoms with Crippen LogP contribution in [0.1, 0.15) is 39.5 Å². The molecule has 2 rings (SSSR count). The third-order valence-electron chi connectivity index (χ3n) is 3.72. The lowest BCUT2D eigenvalue weighted by atomic mass is 9.92. The summed E-state index contributed by atoms with van der Waals surface area (Å²) in [5.41, 5.74) is 0.0690. The van der Waals surface area contributed by atoms with Gasteiger partial charge in [0.25, 0.3) is 0 Å². The Bertz CT molecular complexity index is 349. The van der Waals surface area contributed by atoms with Gasteiger partial charge in [-0.25, -0.2) is 0 Å². The van der Waals surface area contributed by atoms with Gasteiger partial charge in [-0.05, 0) is 44.9 Å². The van der Waals surface area contributed by atoms with Gasteiger partial charge < -0.3 is 9.47 Å². The molecule has 0 aromatic rings. The van der Waals surface area contributed by atoms with E-state index < -0.39 is 16.9 Å². The van der Waals surface area contributed by atoms with E-state index in [0.29, 0.717) is 19.3 Å². The number of alkyl halides is 1. The molecule has 0 radical (unpaired) electrons. The van der Waals surface area contributed by atoms with Crippen molar-refractivity contribution in [2.75, 3.05) is 6.61 Å². The van der Waals surface area contributed by atoms with Crippen molar-refractivity contribution in [3.05, 3.63) is 0 Å². The molecule has 0 aromatic heterocycles. The van der Waals surface area contributed by atoms with Crippen molar-refractivity contribution in [3.63, 3.8) is 0 Å². The molecule has 4 nitrogen and oxygen atoms in total. The summed E-state index contributed by atoms with van der Waals surface area (Å²) in [6.45, 7) is 4.38. The second-order valence-corrected chi connectivity index (χ2v) is 6.37. The number of ketones is 1. The minimum atomic E-state index is -0.694. The summed E-state index contributed by atoms with van der Waals surface area (Å²) in [5, 5.41) is -0.694. The molecular formula is C13H19ClO4. The number of carbonyl (C=O) groups is 2. The Kier molecular flexibility index (Phi) is 3.81. The fourth-order valence-corrected chi connectivity index (χ4v) is 2.95. The molecule has 2 atom stereocenters. The van der Waals surface area contributed by atoms with Gasteiger partial charge in [0.05, 0.1) is 12.7 Å². The van der Waals surface area contributed by atoms with Gasteiger partial charge in [0, 0.05) is 0 Å². The first-order chi connectivity index (χ1) is 8.36. The van der Waals surface area contributed by atoms with E-state index in [1.54, 1.807) is 0 Å². The summed E-state index contributed by atoms with van der Waals surface area (Å²) in [4.78, 5) is 21.6. The molecule has 0 unspecified atom stereocenters. The topological polar surface area (TPSA) is 52.6 Å². The third-order valence-corrected chi connectivity index (χ3v) is 4.09. The Morgan fingerprint density at radius 3 is 2.61 bits per heavy atom. The first-order valence-corrected chi connectivity index (χ1v) is 6.74. The fraction of sp³-hybridized carbons (Fsp3) is 0.846. The highest BCUT2D eigenvalue weighted by Gasteiger charge is 2.48. The van der Waals surface area contributed by atoms with Crippen LogP contribution in [0.25, 0.3) is 0 Å². The molecule has 1 aliphatic carbocycles. The maximum absolute atomic E-state index is 11.2. The zero-order valence-corrected chi connectivity index (χ0v) is 11.5. The van der Waals surface area contributed by atoms with E-state index in [4.69, 9.17) is 21.1 Å². The maximum Gasteiger partial charge on any atom is 0.212 e. The standard InChI is InChI=1S/C13H19ClO4/c1-12(2)17-8-9(18-12)5-13(3-4-13)6-10(14)11(16)7-15/h7,9-10H,3-6,8H2,1-2H3/t9-,10+/m1/s1. The van der Waals surface area contributed by atoms with Crippen molar-refractivity contribution in [1.82, 2.24) is 0 Å². The van der Waals surface area contributed by atoms with E-state index in [1.165, 1.54) is 0 Å². The van der Waals surface area contributed by atoms with Gasteiger partial charge in [-0.2, -0.15) is 0 Å². The minimum absolute atomic E-state index is 0.0673. The molecule has 1 heterocycles. The minimum Gasteiger partial charge on any atom is -0.348 e. The van der Waals surface area contributed by atoms with E-state index in [0.717, 1.165) is 19.3 Å². The number of aldehydes is 1. The Labute approximate surface area is 112 Å². The third kappa shape index (κ3) is 3.31. The monoisotopic (exact) mass is 274 g/mol. The number of ether oxygens (including phenoxy) is 2. The van der Waals surface area contributed by atoms with E-state index in [1.807, 2.05) is 13.8 Å². The van der Waals surface area contributed by atoms with Crippen LogP contribution >= 0.6 is 11.6 Å². The molecule has 1 saturated carbocycles. The molecule has 0 bridgehead atoms. The van der Waals surface area contributed by atoms with Crippen LogP contribution in [0.5, 0.6) is 0 Å². The van der Waals surface area contributed by atoms with Crippen LogP contribution in [0.2, 0.25) is 0 Å². The maximum atomic E-state index is 11.2. The smallest absolute Gasteiger partial charge is 0.212 e. The number of hydrogen-bond acceptors (Lipinski definition) is 4. The van der Waals surface area contributed by atoms with Gasteiger partial charge in [0.1, 0.15) is 5.38 Å². The Balaban J connectivity index is 1.85. The van der Waals surface area contributed by atoms with Gasteiger partial charge in [0.2, 0.25) is 5.78 Å². The lowest BCUT2D eigenvalue weighted by molar-refractivity contribution is -0.140. The number of Topliss-reactive ketones (excluding diaryl/α,β-unsaturated/α-hetero) is 1. The van der Waals surface area contributed by atoms with E-state index in [2.05, 4.69) is 0 Å². The van der Waals surface area contributed by atoms with Crippen molar-refractivity contribution >= 4 is 23.7 Å². The summed E-state index contributed by atoms with van der Waals surface area (Å²) in [6.07, 6.45) is 3.88. The number of halogens is 1. The van der Waals surface area contributed by atoms with Crippen LogP contribution in [0.4, 0.5) is 0 Å². The molecule has 0 spiro atoms. The SMILES string of the molecule is CC1(C)OC[C@@H](CC2(C[C@H](Cl)C(=O)C=O)CC2)O1. The normalized spacial score (nSPS) is 29.8. The molecule has 5 heteroatoms. The first-order valence-electron chi connectivity index (χ1n) is 6.31. The predicted octanol–water partition coefficient (Wildman–Crippen LogP) is 2.07. The van der Waals surface area contributed by atoms with Crippen LogP contribution in [-0.2, 0) is 19.1 Å². The number of carbonyl (C=O) groups excluding carboxylic acids is 2. The second-order valence-electron chi connectivity index (χ2n) is 5.85. The molecule has 18 heavy (non-hydrogen) atoms. The van der Waals surface area contributed by atoms with E-state index in [-0.39, 0.29) is 11.5 Å². The van der Waals surface area contributed by atoms with Crippen molar-refractivity contribution in [1.29, 1.82) is 0 Å². The molecule has 102 valence electrons. The fourth-order valence-electron chi connectivity index (χ4n) is 2.57. The van der Waals surface area contributed by atoms with Gasteiger partial charge in [-0.15, -0.1) is 11.6 Å². The lowest BCUT2D eigenvalue weighted by Gasteiger charge is -2.22.